The Bertz CT molecular complexity index is 1210. The number of nitrogens with zero attached hydrogens (tertiary/aromatic N) is 2. The molecule has 2 aromatic carbocycles. The Balaban J connectivity index is 2.51. The van der Waals surface area contributed by atoms with Gasteiger partial charge in [-0.3, -0.25) is 13.9 Å². The minimum atomic E-state index is -3.83. The lowest BCUT2D eigenvalue weighted by molar-refractivity contribution is -0.140. The van der Waals surface area contributed by atoms with Crippen LogP contribution in [0.1, 0.15) is 65.5 Å². The van der Waals surface area contributed by atoms with Crippen LogP contribution in [0.2, 0.25) is 10.0 Å². The van der Waals surface area contributed by atoms with Crippen LogP contribution in [0.25, 0.3) is 0 Å². The molecule has 0 radical (unpaired) electrons. The predicted molar refractivity (Wildman–Crippen MR) is 156 cm³/mol. The molecule has 0 unspecified atom stereocenters. The number of amides is 2. The lowest BCUT2D eigenvalue weighted by Gasteiger charge is -2.34. The zero-order chi connectivity index (χ0) is 28.8. The van der Waals surface area contributed by atoms with Crippen LogP contribution in [-0.2, 0) is 31.6 Å². The van der Waals surface area contributed by atoms with E-state index in [9.17, 15) is 18.0 Å². The number of hydrogen-bond acceptors (Lipinski definition) is 4. The number of halogens is 2. The Morgan fingerprint density at radius 3 is 1.97 bits per heavy atom. The average Bonchev–Trinajstić information content (AvgIpc) is 2.82. The van der Waals surface area contributed by atoms with Gasteiger partial charge in [0.2, 0.25) is 21.8 Å². The van der Waals surface area contributed by atoms with E-state index in [2.05, 4.69) is 26.1 Å². The van der Waals surface area contributed by atoms with Crippen molar-refractivity contribution in [2.75, 3.05) is 17.1 Å². The van der Waals surface area contributed by atoms with Crippen molar-refractivity contribution in [2.24, 2.45) is 0 Å². The van der Waals surface area contributed by atoms with Gasteiger partial charge >= 0.3 is 0 Å². The quantitative estimate of drug-likeness (QED) is 0.363. The van der Waals surface area contributed by atoms with Gasteiger partial charge in [-0.2, -0.15) is 0 Å². The highest BCUT2D eigenvalue weighted by Gasteiger charge is 2.33. The van der Waals surface area contributed by atoms with Gasteiger partial charge in [0.1, 0.15) is 12.6 Å². The monoisotopic (exact) mass is 583 g/mol. The third-order valence-electron chi connectivity index (χ3n) is 6.48. The van der Waals surface area contributed by atoms with Gasteiger partial charge in [-0.05, 0) is 55.0 Å². The Morgan fingerprint density at radius 1 is 0.974 bits per heavy atom. The topological polar surface area (TPSA) is 86.8 Å². The van der Waals surface area contributed by atoms with Gasteiger partial charge < -0.3 is 10.2 Å². The zero-order valence-electron chi connectivity index (χ0n) is 23.2. The summed E-state index contributed by atoms with van der Waals surface area (Å²) in [5.74, 6) is -0.865. The van der Waals surface area contributed by atoms with Crippen LogP contribution in [0.15, 0.2) is 42.5 Å². The Kier molecular flexibility index (Phi) is 11.1. The van der Waals surface area contributed by atoms with Crippen LogP contribution < -0.4 is 9.62 Å². The standard InChI is InChI=1S/C28H39Cl2N3O4S/c1-8-19(3)31-27(35)25(9-2)32(17-22-23(29)11-10-12-24(22)30)26(34)18-33(38(7,36)37)21-15-13-20(14-16-21)28(4,5)6/h10-16,19,25H,8-9,17-18H2,1-7H3,(H,31,35)/t19-,25-/m0/s1. The number of anilines is 1. The number of benzene rings is 2. The van der Waals surface area contributed by atoms with Crippen molar-refractivity contribution in [1.82, 2.24) is 10.2 Å². The summed E-state index contributed by atoms with van der Waals surface area (Å²) < 4.78 is 26.7. The van der Waals surface area contributed by atoms with Gasteiger partial charge in [-0.1, -0.05) is 76.0 Å². The third kappa shape index (κ3) is 8.35. The summed E-state index contributed by atoms with van der Waals surface area (Å²) in [6.07, 6.45) is 2.09. The van der Waals surface area contributed by atoms with Crippen LogP contribution in [0.3, 0.4) is 0 Å². The van der Waals surface area contributed by atoms with Crippen LogP contribution in [-0.4, -0.2) is 50.0 Å². The highest BCUT2D eigenvalue weighted by atomic mass is 35.5. The number of hydrogen-bond donors (Lipinski definition) is 1. The smallest absolute Gasteiger partial charge is 0.244 e. The molecule has 38 heavy (non-hydrogen) atoms. The van der Waals surface area contributed by atoms with Crippen LogP contribution in [0.4, 0.5) is 5.69 Å². The van der Waals surface area contributed by atoms with Crippen molar-refractivity contribution >= 4 is 50.7 Å². The second kappa shape index (κ2) is 13.2. The van der Waals surface area contributed by atoms with E-state index >= 15 is 0 Å². The van der Waals surface area contributed by atoms with E-state index in [0.29, 0.717) is 27.7 Å². The molecule has 1 N–H and O–H groups in total. The van der Waals surface area contributed by atoms with Crippen LogP contribution in [0, 0.1) is 0 Å². The van der Waals surface area contributed by atoms with E-state index in [1.54, 1.807) is 37.3 Å². The first-order chi connectivity index (χ1) is 17.6. The van der Waals surface area contributed by atoms with E-state index in [-0.39, 0.29) is 23.9 Å². The fourth-order valence-corrected chi connectivity index (χ4v) is 5.32. The van der Waals surface area contributed by atoms with Gasteiger partial charge in [0.15, 0.2) is 0 Å². The Labute approximate surface area is 237 Å². The molecule has 7 nitrogen and oxygen atoms in total. The molecule has 0 aromatic heterocycles. The minimum Gasteiger partial charge on any atom is -0.352 e. The minimum absolute atomic E-state index is 0.0513. The van der Waals surface area contributed by atoms with Crippen LogP contribution in [0.5, 0.6) is 0 Å². The number of rotatable bonds is 11. The SMILES string of the molecule is CC[C@H](C)NC(=O)[C@H](CC)N(Cc1c(Cl)cccc1Cl)C(=O)CN(c1ccc(C(C)(C)C)cc1)S(C)(=O)=O. The molecule has 0 aliphatic carbocycles. The molecule has 0 heterocycles. The molecule has 0 saturated heterocycles. The first-order valence-corrected chi connectivity index (χ1v) is 15.3. The first kappa shape index (κ1) is 31.9. The molecule has 0 saturated carbocycles. The molecule has 2 atom stereocenters. The summed E-state index contributed by atoms with van der Waals surface area (Å²) >= 11 is 12.8. The number of sulfonamides is 1. The molecule has 0 bridgehead atoms. The lowest BCUT2D eigenvalue weighted by atomic mass is 9.87. The second-order valence-corrected chi connectivity index (χ2v) is 13.3. The maximum atomic E-state index is 13.8. The molecule has 10 heteroatoms. The highest BCUT2D eigenvalue weighted by molar-refractivity contribution is 7.92. The molecular weight excluding hydrogens is 545 g/mol. The largest absolute Gasteiger partial charge is 0.352 e. The third-order valence-corrected chi connectivity index (χ3v) is 8.33. The maximum absolute atomic E-state index is 13.8. The fourth-order valence-electron chi connectivity index (χ4n) is 3.96. The number of carbonyl (C=O) groups excluding carboxylic acids is 2. The Morgan fingerprint density at radius 2 is 1.53 bits per heavy atom. The molecule has 2 amide bonds. The average molecular weight is 585 g/mol. The summed E-state index contributed by atoms with van der Waals surface area (Å²) in [6, 6.07) is 11.2. The van der Waals surface area contributed by atoms with E-state index in [4.69, 9.17) is 23.2 Å². The van der Waals surface area contributed by atoms with E-state index in [0.717, 1.165) is 22.5 Å². The first-order valence-electron chi connectivity index (χ1n) is 12.7. The van der Waals surface area contributed by atoms with E-state index in [1.165, 1.54) is 4.90 Å². The lowest BCUT2D eigenvalue weighted by Crippen LogP contribution is -2.53. The molecule has 0 aliphatic rings. The maximum Gasteiger partial charge on any atom is 0.244 e. The molecule has 0 fully saturated rings. The predicted octanol–water partition coefficient (Wildman–Crippen LogP) is 5.78. The molecule has 2 rings (SSSR count). The van der Waals surface area contributed by atoms with Crippen molar-refractivity contribution in [3.63, 3.8) is 0 Å². The molecule has 0 spiro atoms. The summed E-state index contributed by atoms with van der Waals surface area (Å²) in [5.41, 5.74) is 1.76. The highest BCUT2D eigenvalue weighted by Crippen LogP contribution is 2.29. The molecule has 210 valence electrons. The molecular formula is C28H39Cl2N3O4S. The van der Waals surface area contributed by atoms with E-state index in [1.807, 2.05) is 26.0 Å². The molecule has 0 aliphatic heterocycles. The summed E-state index contributed by atoms with van der Waals surface area (Å²) in [6.45, 7) is 11.3. The van der Waals surface area contributed by atoms with Crippen LogP contribution >= 0.6 is 23.2 Å². The Hall–Kier alpha value is -2.29. The van der Waals surface area contributed by atoms with Crippen molar-refractivity contribution in [2.45, 2.75) is 78.4 Å². The fraction of sp³-hybridized carbons (Fsp3) is 0.500. The van der Waals surface area contributed by atoms with Crippen molar-refractivity contribution in [3.05, 3.63) is 63.6 Å². The number of nitrogens with one attached hydrogen (secondary N) is 1. The normalized spacial score (nSPS) is 13.5. The van der Waals surface area contributed by atoms with E-state index < -0.39 is 28.5 Å². The summed E-state index contributed by atoms with van der Waals surface area (Å²) in [4.78, 5) is 28.4. The zero-order valence-corrected chi connectivity index (χ0v) is 25.5. The van der Waals surface area contributed by atoms with Gasteiger partial charge in [0, 0.05) is 28.2 Å². The van der Waals surface area contributed by atoms with Crippen molar-refractivity contribution < 1.29 is 18.0 Å². The van der Waals surface area contributed by atoms with Crippen molar-refractivity contribution in [3.8, 4) is 0 Å². The molecule has 2 aromatic rings. The second-order valence-electron chi connectivity index (χ2n) is 10.5. The summed E-state index contributed by atoms with van der Waals surface area (Å²) in [5, 5.41) is 3.64. The van der Waals surface area contributed by atoms with Crippen molar-refractivity contribution in [1.29, 1.82) is 0 Å². The van der Waals surface area contributed by atoms with Gasteiger partial charge in [0.25, 0.3) is 0 Å². The van der Waals surface area contributed by atoms with Gasteiger partial charge in [0.05, 0.1) is 11.9 Å². The summed E-state index contributed by atoms with van der Waals surface area (Å²) in [7, 11) is -3.83. The van der Waals surface area contributed by atoms with Gasteiger partial charge in [-0.25, -0.2) is 8.42 Å². The van der Waals surface area contributed by atoms with Gasteiger partial charge in [-0.15, -0.1) is 0 Å². The number of carbonyl (C=O) groups is 2.